The molecule has 0 aliphatic heterocycles. The minimum absolute atomic E-state index is 0.329. The summed E-state index contributed by atoms with van der Waals surface area (Å²) in [6.07, 6.45) is 6.70. The lowest BCUT2D eigenvalue weighted by molar-refractivity contribution is 0.629. The van der Waals surface area contributed by atoms with Gasteiger partial charge in [-0.2, -0.15) is 4.98 Å². The third-order valence-electron chi connectivity index (χ3n) is 3.40. The van der Waals surface area contributed by atoms with Crippen molar-refractivity contribution in [3.05, 3.63) is 67.4 Å². The number of nitrogens with zero attached hydrogens (tertiary/aromatic N) is 5. The normalized spacial score (nSPS) is 11.8. The van der Waals surface area contributed by atoms with E-state index in [-0.39, 0.29) is 5.82 Å². The quantitative estimate of drug-likeness (QED) is 0.694. The average Bonchev–Trinajstić information content (AvgIpc) is 2.99. The van der Waals surface area contributed by atoms with Crippen molar-refractivity contribution >= 4 is 22.5 Å². The van der Waals surface area contributed by atoms with Crippen LogP contribution in [-0.4, -0.2) is 26.6 Å². The maximum Gasteiger partial charge on any atom is 0.257 e. The van der Waals surface area contributed by atoms with Crippen molar-refractivity contribution in [1.82, 2.24) is 19.6 Å². The van der Waals surface area contributed by atoms with E-state index in [1.165, 1.54) is 12.1 Å². The summed E-state index contributed by atoms with van der Waals surface area (Å²) in [4.78, 5) is 6.29. The Morgan fingerprint density at radius 1 is 1.36 bits per heavy atom. The van der Waals surface area contributed by atoms with E-state index in [9.17, 15) is 4.39 Å². The van der Waals surface area contributed by atoms with Crippen LogP contribution >= 0.6 is 0 Å². The molecule has 6 heteroatoms. The second-order valence-electron chi connectivity index (χ2n) is 4.69. The monoisotopic (exact) mass is 295 g/mol. The standard InChI is InChI=1S/C16H14FN5/c1-4-6-12(5-2)21(3)15-13-9-11(17)7-8-14(13)22-10-18-20-16(22)19-15/h4-10H,1-2H2,3H3/b12-6+. The molecular formula is C16H14FN5. The Labute approximate surface area is 126 Å². The van der Waals surface area contributed by atoms with Gasteiger partial charge in [-0.25, -0.2) is 4.39 Å². The fourth-order valence-corrected chi connectivity index (χ4v) is 2.34. The molecule has 0 N–H and O–H groups in total. The number of benzene rings is 1. The van der Waals surface area contributed by atoms with Crippen LogP contribution in [0.4, 0.5) is 10.2 Å². The predicted molar refractivity (Wildman–Crippen MR) is 85.1 cm³/mol. The van der Waals surface area contributed by atoms with E-state index in [1.54, 1.807) is 35.0 Å². The lowest BCUT2D eigenvalue weighted by Gasteiger charge is -2.21. The van der Waals surface area contributed by atoms with Gasteiger partial charge in [0.05, 0.1) is 5.52 Å². The smallest absolute Gasteiger partial charge is 0.257 e. The van der Waals surface area contributed by atoms with Crippen LogP contribution < -0.4 is 4.90 Å². The van der Waals surface area contributed by atoms with Gasteiger partial charge in [0.1, 0.15) is 18.0 Å². The third-order valence-corrected chi connectivity index (χ3v) is 3.40. The molecule has 0 saturated carbocycles. The molecule has 0 spiro atoms. The topological polar surface area (TPSA) is 46.3 Å². The Kier molecular flexibility index (Phi) is 3.42. The van der Waals surface area contributed by atoms with Crippen LogP contribution in [-0.2, 0) is 0 Å². The zero-order valence-electron chi connectivity index (χ0n) is 12.1. The van der Waals surface area contributed by atoms with Gasteiger partial charge < -0.3 is 4.90 Å². The minimum Gasteiger partial charge on any atom is -0.329 e. The van der Waals surface area contributed by atoms with Crippen LogP contribution in [0.1, 0.15) is 0 Å². The first-order valence-corrected chi connectivity index (χ1v) is 6.63. The number of fused-ring (bicyclic) bond motifs is 3. The van der Waals surface area contributed by atoms with Crippen LogP contribution in [0.2, 0.25) is 0 Å². The fraction of sp³-hybridized carbons (Fsp3) is 0.0625. The van der Waals surface area contributed by atoms with E-state index in [4.69, 9.17) is 0 Å². The van der Waals surface area contributed by atoms with Crippen LogP contribution in [0.25, 0.3) is 16.7 Å². The van der Waals surface area contributed by atoms with Gasteiger partial charge >= 0.3 is 0 Å². The van der Waals surface area contributed by atoms with Crippen LogP contribution in [0, 0.1) is 5.82 Å². The van der Waals surface area contributed by atoms with Crippen molar-refractivity contribution < 1.29 is 4.39 Å². The second kappa shape index (κ2) is 5.40. The fourth-order valence-electron chi connectivity index (χ4n) is 2.34. The molecule has 0 radical (unpaired) electrons. The number of likely N-dealkylation sites (N-methyl/N-ethyl adjacent to an activating group) is 1. The maximum atomic E-state index is 13.7. The molecule has 0 unspecified atom stereocenters. The molecule has 0 aliphatic carbocycles. The summed E-state index contributed by atoms with van der Waals surface area (Å²) in [5, 5.41) is 8.50. The summed E-state index contributed by atoms with van der Waals surface area (Å²) < 4.78 is 15.4. The van der Waals surface area contributed by atoms with E-state index in [1.807, 2.05) is 11.9 Å². The molecule has 0 bridgehead atoms. The number of anilines is 1. The lowest BCUT2D eigenvalue weighted by atomic mass is 10.2. The van der Waals surface area contributed by atoms with E-state index in [2.05, 4.69) is 28.3 Å². The summed E-state index contributed by atoms with van der Waals surface area (Å²) in [6, 6.07) is 4.53. The van der Waals surface area contributed by atoms with Crippen molar-refractivity contribution in [3.8, 4) is 0 Å². The van der Waals surface area contributed by atoms with Crippen molar-refractivity contribution in [1.29, 1.82) is 0 Å². The van der Waals surface area contributed by atoms with Gasteiger partial charge in [-0.1, -0.05) is 19.2 Å². The van der Waals surface area contributed by atoms with Crippen molar-refractivity contribution in [2.75, 3.05) is 11.9 Å². The Balaban J connectivity index is 2.35. The van der Waals surface area contributed by atoms with Gasteiger partial charge in [-0.15, -0.1) is 10.2 Å². The first-order chi connectivity index (χ1) is 10.7. The molecule has 0 fully saturated rings. The van der Waals surface area contributed by atoms with Gasteiger partial charge in [-0.05, 0) is 30.4 Å². The van der Waals surface area contributed by atoms with Gasteiger partial charge in [0, 0.05) is 18.1 Å². The van der Waals surface area contributed by atoms with E-state index >= 15 is 0 Å². The van der Waals surface area contributed by atoms with Crippen LogP contribution in [0.3, 0.4) is 0 Å². The molecule has 2 heterocycles. The van der Waals surface area contributed by atoms with Crippen LogP contribution in [0.5, 0.6) is 0 Å². The molecule has 0 atom stereocenters. The Bertz CT molecular complexity index is 909. The number of hydrogen-bond donors (Lipinski definition) is 0. The first kappa shape index (κ1) is 13.9. The molecule has 3 aromatic rings. The molecule has 1 aromatic carbocycles. The number of hydrogen-bond acceptors (Lipinski definition) is 4. The van der Waals surface area contributed by atoms with Crippen molar-refractivity contribution in [2.45, 2.75) is 0 Å². The summed E-state index contributed by atoms with van der Waals surface area (Å²) in [6.45, 7) is 7.47. The van der Waals surface area contributed by atoms with Gasteiger partial charge in [0.2, 0.25) is 0 Å². The Morgan fingerprint density at radius 2 is 2.18 bits per heavy atom. The zero-order chi connectivity index (χ0) is 15.7. The summed E-state index contributed by atoms with van der Waals surface area (Å²) in [5.74, 6) is 0.690. The number of halogens is 1. The van der Waals surface area contributed by atoms with E-state index < -0.39 is 0 Å². The van der Waals surface area contributed by atoms with Crippen molar-refractivity contribution in [2.24, 2.45) is 0 Å². The van der Waals surface area contributed by atoms with E-state index in [0.717, 1.165) is 11.2 Å². The number of aromatic nitrogens is 4. The molecule has 0 aliphatic rings. The number of allylic oxidation sites excluding steroid dienone is 3. The largest absolute Gasteiger partial charge is 0.329 e. The Morgan fingerprint density at radius 3 is 2.91 bits per heavy atom. The van der Waals surface area contributed by atoms with Crippen LogP contribution in [0.15, 0.2) is 61.6 Å². The van der Waals surface area contributed by atoms with Gasteiger partial charge in [-0.3, -0.25) is 4.40 Å². The highest BCUT2D eigenvalue weighted by atomic mass is 19.1. The molecular weight excluding hydrogens is 281 g/mol. The third kappa shape index (κ3) is 2.14. The first-order valence-electron chi connectivity index (χ1n) is 6.63. The van der Waals surface area contributed by atoms with E-state index in [0.29, 0.717) is 17.0 Å². The molecule has 0 amide bonds. The highest BCUT2D eigenvalue weighted by Crippen LogP contribution is 2.28. The molecule has 5 nitrogen and oxygen atoms in total. The highest BCUT2D eigenvalue weighted by molar-refractivity contribution is 5.92. The Hall–Kier alpha value is -3.02. The predicted octanol–water partition coefficient (Wildman–Crippen LogP) is 3.11. The lowest BCUT2D eigenvalue weighted by Crippen LogP contribution is -2.17. The highest BCUT2D eigenvalue weighted by Gasteiger charge is 2.15. The van der Waals surface area contributed by atoms with Gasteiger partial charge in [0.15, 0.2) is 0 Å². The zero-order valence-corrected chi connectivity index (χ0v) is 12.1. The maximum absolute atomic E-state index is 13.7. The SMILES string of the molecule is C=C/C=C(\C=C)N(C)c1nc2nncn2c2ccc(F)cc12. The minimum atomic E-state index is -0.329. The second-order valence-corrected chi connectivity index (χ2v) is 4.69. The van der Waals surface area contributed by atoms with Gasteiger partial charge in [0.25, 0.3) is 5.78 Å². The molecule has 22 heavy (non-hydrogen) atoms. The molecule has 110 valence electrons. The summed E-state index contributed by atoms with van der Waals surface area (Å²) >= 11 is 0. The molecule has 2 aromatic heterocycles. The van der Waals surface area contributed by atoms with Crippen molar-refractivity contribution in [3.63, 3.8) is 0 Å². The summed E-state index contributed by atoms with van der Waals surface area (Å²) in [7, 11) is 1.83. The molecule has 0 saturated heterocycles. The molecule has 3 rings (SSSR count). The number of rotatable bonds is 4. The summed E-state index contributed by atoms with van der Waals surface area (Å²) in [5.41, 5.74) is 1.57. The average molecular weight is 295 g/mol.